The second kappa shape index (κ2) is 8.10. The minimum atomic E-state index is -3.51. The summed E-state index contributed by atoms with van der Waals surface area (Å²) in [6.45, 7) is 6.86. The minimum Gasteiger partial charge on any atom is -0.330 e. The van der Waals surface area contributed by atoms with Crippen LogP contribution in [0.2, 0.25) is 0 Å². The third-order valence-corrected chi connectivity index (χ3v) is 6.19. The van der Waals surface area contributed by atoms with Gasteiger partial charge in [0.15, 0.2) is 0 Å². The first-order valence-electron chi connectivity index (χ1n) is 8.54. The van der Waals surface area contributed by atoms with E-state index in [0.717, 1.165) is 23.6 Å². The van der Waals surface area contributed by atoms with Crippen LogP contribution in [-0.2, 0) is 10.0 Å². The van der Waals surface area contributed by atoms with Crippen molar-refractivity contribution >= 4 is 20.8 Å². The molecular formula is C19H28N2O2S. The second-order valence-corrected chi connectivity index (χ2v) is 8.56. The second-order valence-electron chi connectivity index (χ2n) is 6.85. The number of fused-ring (bicyclic) bond motifs is 1. The third-order valence-electron chi connectivity index (χ3n) is 4.60. The average molecular weight is 349 g/mol. The van der Waals surface area contributed by atoms with Crippen LogP contribution in [0.25, 0.3) is 10.8 Å². The zero-order valence-electron chi connectivity index (χ0n) is 14.7. The molecular weight excluding hydrogens is 320 g/mol. The molecule has 2 rings (SSSR count). The Balaban J connectivity index is 2.06. The fraction of sp³-hybridized carbons (Fsp3) is 0.474. The van der Waals surface area contributed by atoms with E-state index in [1.807, 2.05) is 37.3 Å². The van der Waals surface area contributed by atoms with Crippen LogP contribution in [0.1, 0.15) is 33.6 Å². The number of hydrogen-bond acceptors (Lipinski definition) is 3. The van der Waals surface area contributed by atoms with Gasteiger partial charge in [-0.25, -0.2) is 13.1 Å². The Hall–Kier alpha value is -1.43. The van der Waals surface area contributed by atoms with Crippen molar-refractivity contribution in [2.45, 2.75) is 44.6 Å². The molecule has 3 N–H and O–H groups in total. The fourth-order valence-corrected chi connectivity index (χ4v) is 4.23. The van der Waals surface area contributed by atoms with Gasteiger partial charge < -0.3 is 5.73 Å². The van der Waals surface area contributed by atoms with Crippen molar-refractivity contribution < 1.29 is 8.42 Å². The SMILES string of the molecule is CC(C)[C@H](CN)CC[C@H](C)NS(=O)(=O)c1ccc2ccccc2c1. The highest BCUT2D eigenvalue weighted by atomic mass is 32.2. The predicted octanol–water partition coefficient (Wildman–Crippen LogP) is 3.52. The molecule has 0 aromatic heterocycles. The van der Waals surface area contributed by atoms with E-state index in [9.17, 15) is 8.42 Å². The van der Waals surface area contributed by atoms with Crippen LogP contribution in [-0.4, -0.2) is 21.0 Å². The van der Waals surface area contributed by atoms with E-state index < -0.39 is 10.0 Å². The van der Waals surface area contributed by atoms with Gasteiger partial charge in [-0.3, -0.25) is 0 Å². The van der Waals surface area contributed by atoms with Gasteiger partial charge in [-0.05, 0) is 61.1 Å². The summed E-state index contributed by atoms with van der Waals surface area (Å²) in [5, 5.41) is 1.96. The fourth-order valence-electron chi connectivity index (χ4n) is 2.91. The molecule has 0 bridgehead atoms. The summed E-state index contributed by atoms with van der Waals surface area (Å²) in [7, 11) is -3.51. The average Bonchev–Trinajstić information content (AvgIpc) is 2.54. The molecule has 24 heavy (non-hydrogen) atoms. The maximum Gasteiger partial charge on any atom is 0.240 e. The van der Waals surface area contributed by atoms with Gasteiger partial charge in [0.05, 0.1) is 4.90 Å². The quantitative estimate of drug-likeness (QED) is 0.767. The molecule has 0 amide bonds. The molecule has 0 saturated heterocycles. The van der Waals surface area contributed by atoms with Gasteiger partial charge >= 0.3 is 0 Å². The van der Waals surface area contributed by atoms with Crippen molar-refractivity contribution in [3.8, 4) is 0 Å². The monoisotopic (exact) mass is 348 g/mol. The summed E-state index contributed by atoms with van der Waals surface area (Å²) in [5.41, 5.74) is 5.79. The molecule has 0 radical (unpaired) electrons. The smallest absolute Gasteiger partial charge is 0.240 e. The van der Waals surface area contributed by atoms with E-state index in [0.29, 0.717) is 23.3 Å². The molecule has 2 aromatic rings. The Labute approximate surface area is 145 Å². The van der Waals surface area contributed by atoms with Crippen molar-refractivity contribution in [2.24, 2.45) is 17.6 Å². The van der Waals surface area contributed by atoms with E-state index in [1.165, 1.54) is 0 Å². The van der Waals surface area contributed by atoms with Crippen molar-refractivity contribution in [3.63, 3.8) is 0 Å². The van der Waals surface area contributed by atoms with E-state index in [4.69, 9.17) is 5.73 Å². The van der Waals surface area contributed by atoms with Gasteiger partial charge in [0, 0.05) is 6.04 Å². The largest absolute Gasteiger partial charge is 0.330 e. The molecule has 0 spiro atoms. The summed E-state index contributed by atoms with van der Waals surface area (Å²) in [5.74, 6) is 0.942. The Morgan fingerprint density at radius 1 is 1.00 bits per heavy atom. The number of nitrogens with one attached hydrogen (secondary N) is 1. The standard InChI is InChI=1S/C19H28N2O2S/c1-14(2)18(13-20)9-8-15(3)21-24(22,23)19-11-10-16-6-4-5-7-17(16)12-19/h4-7,10-12,14-15,18,21H,8-9,13,20H2,1-3H3/t15-,18-/m0/s1. The first-order chi connectivity index (χ1) is 11.3. The summed E-state index contributed by atoms with van der Waals surface area (Å²) in [6, 6.07) is 12.9. The van der Waals surface area contributed by atoms with Gasteiger partial charge in [-0.1, -0.05) is 44.2 Å². The maximum atomic E-state index is 12.6. The normalized spacial score (nSPS) is 14.9. The maximum absolute atomic E-state index is 12.6. The molecule has 0 aliphatic carbocycles. The molecule has 0 saturated carbocycles. The number of rotatable bonds is 8. The molecule has 2 atom stereocenters. The van der Waals surface area contributed by atoms with Crippen LogP contribution in [0.3, 0.4) is 0 Å². The van der Waals surface area contributed by atoms with Crippen LogP contribution in [0.15, 0.2) is 47.4 Å². The minimum absolute atomic E-state index is 0.116. The van der Waals surface area contributed by atoms with Crippen LogP contribution in [0.4, 0.5) is 0 Å². The van der Waals surface area contributed by atoms with Gasteiger partial charge in [0.1, 0.15) is 0 Å². The van der Waals surface area contributed by atoms with Crippen molar-refractivity contribution in [2.75, 3.05) is 6.54 Å². The first kappa shape index (κ1) is 18.9. The molecule has 132 valence electrons. The molecule has 2 aromatic carbocycles. The highest BCUT2D eigenvalue weighted by Crippen LogP contribution is 2.20. The van der Waals surface area contributed by atoms with Gasteiger partial charge in [-0.2, -0.15) is 0 Å². The molecule has 0 aliphatic rings. The van der Waals surface area contributed by atoms with Crippen molar-refractivity contribution in [3.05, 3.63) is 42.5 Å². The highest BCUT2D eigenvalue weighted by Gasteiger charge is 2.19. The summed E-state index contributed by atoms with van der Waals surface area (Å²) in [4.78, 5) is 0.312. The lowest BCUT2D eigenvalue weighted by atomic mass is 9.90. The van der Waals surface area contributed by atoms with Crippen LogP contribution in [0, 0.1) is 11.8 Å². The Morgan fingerprint density at radius 2 is 1.67 bits per heavy atom. The highest BCUT2D eigenvalue weighted by molar-refractivity contribution is 7.89. The molecule has 0 fully saturated rings. The van der Waals surface area contributed by atoms with Crippen LogP contribution in [0.5, 0.6) is 0 Å². The lowest BCUT2D eigenvalue weighted by molar-refractivity contribution is 0.346. The zero-order chi connectivity index (χ0) is 17.7. The van der Waals surface area contributed by atoms with E-state index in [-0.39, 0.29) is 6.04 Å². The van der Waals surface area contributed by atoms with Crippen LogP contribution < -0.4 is 10.5 Å². The third kappa shape index (κ3) is 4.79. The summed E-state index contributed by atoms with van der Waals surface area (Å²) < 4.78 is 28.0. The molecule has 0 aliphatic heterocycles. The van der Waals surface area contributed by atoms with E-state index in [2.05, 4.69) is 18.6 Å². The van der Waals surface area contributed by atoms with Crippen molar-refractivity contribution in [1.82, 2.24) is 4.72 Å². The van der Waals surface area contributed by atoms with Gasteiger partial charge in [0.25, 0.3) is 0 Å². The van der Waals surface area contributed by atoms with Gasteiger partial charge in [-0.15, -0.1) is 0 Å². The van der Waals surface area contributed by atoms with E-state index in [1.54, 1.807) is 12.1 Å². The zero-order valence-corrected chi connectivity index (χ0v) is 15.5. The predicted molar refractivity (Wildman–Crippen MR) is 100 cm³/mol. The molecule has 5 heteroatoms. The summed E-state index contributed by atoms with van der Waals surface area (Å²) in [6.07, 6.45) is 1.71. The Morgan fingerprint density at radius 3 is 2.29 bits per heavy atom. The first-order valence-corrected chi connectivity index (χ1v) is 10.0. The topological polar surface area (TPSA) is 72.2 Å². The molecule has 4 nitrogen and oxygen atoms in total. The van der Waals surface area contributed by atoms with Crippen molar-refractivity contribution in [1.29, 1.82) is 0 Å². The Bertz CT molecular complexity index is 772. The Kier molecular flexibility index (Phi) is 6.38. The molecule has 0 unspecified atom stereocenters. The number of hydrogen-bond donors (Lipinski definition) is 2. The van der Waals surface area contributed by atoms with Crippen LogP contribution >= 0.6 is 0 Å². The molecule has 0 heterocycles. The van der Waals surface area contributed by atoms with E-state index >= 15 is 0 Å². The lowest BCUT2D eigenvalue weighted by Gasteiger charge is -2.21. The lowest BCUT2D eigenvalue weighted by Crippen LogP contribution is -2.33. The number of sulfonamides is 1. The summed E-state index contributed by atoms with van der Waals surface area (Å²) >= 11 is 0. The number of benzene rings is 2. The van der Waals surface area contributed by atoms with Gasteiger partial charge in [0.2, 0.25) is 10.0 Å². The number of nitrogens with two attached hydrogens (primary N) is 1.